The topological polar surface area (TPSA) is 3.24 Å². The minimum Gasteiger partial charge on any atom is -0.374 e. The molecule has 1 heterocycles. The Bertz CT molecular complexity index is 745. The lowest BCUT2D eigenvalue weighted by atomic mass is 9.79. The first-order chi connectivity index (χ1) is 9.96. The summed E-state index contributed by atoms with van der Waals surface area (Å²) >= 11 is 3.74. The standard InChI is InChI=1S/C19H20BrN/c1-19(2)10-15-14-9-12-5-4-6-16(20)18(12)13(14)7-8-17(15)21(3)11-19/h4-8H,9-11H2,1-3H3. The third-order valence-corrected chi connectivity index (χ3v) is 5.54. The van der Waals surface area contributed by atoms with Gasteiger partial charge < -0.3 is 4.90 Å². The molecule has 0 N–H and O–H groups in total. The van der Waals surface area contributed by atoms with Crippen LogP contribution in [0.3, 0.4) is 0 Å². The van der Waals surface area contributed by atoms with E-state index in [1.165, 1.54) is 33.3 Å². The lowest BCUT2D eigenvalue weighted by molar-refractivity contribution is 0.355. The Morgan fingerprint density at radius 2 is 1.90 bits per heavy atom. The van der Waals surface area contributed by atoms with Crippen molar-refractivity contribution in [2.24, 2.45) is 5.41 Å². The molecule has 2 aromatic rings. The van der Waals surface area contributed by atoms with Crippen LogP contribution in [-0.4, -0.2) is 13.6 Å². The summed E-state index contributed by atoms with van der Waals surface area (Å²) < 4.78 is 1.22. The molecular formula is C19H20BrN. The highest BCUT2D eigenvalue weighted by Gasteiger charge is 2.33. The van der Waals surface area contributed by atoms with E-state index in [4.69, 9.17) is 0 Å². The predicted octanol–water partition coefficient (Wildman–Crippen LogP) is 5.04. The molecule has 2 heteroatoms. The van der Waals surface area contributed by atoms with Gasteiger partial charge in [-0.2, -0.15) is 0 Å². The van der Waals surface area contributed by atoms with Crippen LogP contribution in [0, 0.1) is 5.41 Å². The number of hydrogen-bond acceptors (Lipinski definition) is 1. The number of nitrogens with zero attached hydrogens (tertiary/aromatic N) is 1. The molecule has 0 amide bonds. The Morgan fingerprint density at radius 3 is 2.71 bits per heavy atom. The average Bonchev–Trinajstić information content (AvgIpc) is 2.77. The molecule has 4 rings (SSSR count). The van der Waals surface area contributed by atoms with Gasteiger partial charge in [-0.3, -0.25) is 0 Å². The lowest BCUT2D eigenvalue weighted by Crippen LogP contribution is -2.38. The van der Waals surface area contributed by atoms with Crippen LogP contribution in [0.1, 0.15) is 30.5 Å². The monoisotopic (exact) mass is 341 g/mol. The first-order valence-corrected chi connectivity index (χ1v) is 8.39. The highest BCUT2D eigenvalue weighted by molar-refractivity contribution is 9.10. The molecular weight excluding hydrogens is 322 g/mol. The molecule has 0 fully saturated rings. The molecule has 2 aliphatic rings. The number of fused-ring (bicyclic) bond motifs is 5. The van der Waals surface area contributed by atoms with E-state index in [0.717, 1.165) is 13.0 Å². The van der Waals surface area contributed by atoms with E-state index < -0.39 is 0 Å². The summed E-state index contributed by atoms with van der Waals surface area (Å²) in [6.07, 6.45) is 2.26. The maximum atomic E-state index is 3.74. The van der Waals surface area contributed by atoms with E-state index in [2.05, 4.69) is 72.1 Å². The molecule has 0 unspecified atom stereocenters. The van der Waals surface area contributed by atoms with Gasteiger partial charge >= 0.3 is 0 Å². The third kappa shape index (κ3) is 1.96. The SMILES string of the molecule is CN1CC(C)(C)Cc2c1ccc1c2Cc2cccc(Br)c2-1. The van der Waals surface area contributed by atoms with Crippen molar-refractivity contribution in [2.75, 3.05) is 18.5 Å². The Balaban J connectivity index is 1.95. The summed E-state index contributed by atoms with van der Waals surface area (Å²) in [5.74, 6) is 0. The number of hydrogen-bond donors (Lipinski definition) is 0. The van der Waals surface area contributed by atoms with E-state index in [1.54, 1.807) is 11.1 Å². The summed E-state index contributed by atoms with van der Waals surface area (Å²) in [5.41, 5.74) is 9.19. The fourth-order valence-electron chi connectivity index (χ4n) is 4.14. The van der Waals surface area contributed by atoms with Gasteiger partial charge in [0.25, 0.3) is 0 Å². The second-order valence-corrected chi connectivity index (χ2v) is 8.09. The van der Waals surface area contributed by atoms with Crippen LogP contribution < -0.4 is 4.90 Å². The quantitative estimate of drug-likeness (QED) is 0.553. The number of halogens is 1. The molecule has 1 aliphatic heterocycles. The first-order valence-electron chi connectivity index (χ1n) is 7.60. The molecule has 0 atom stereocenters. The molecule has 0 radical (unpaired) electrons. The fraction of sp³-hybridized carbons (Fsp3) is 0.368. The van der Waals surface area contributed by atoms with Gasteiger partial charge in [-0.05, 0) is 58.2 Å². The van der Waals surface area contributed by atoms with Crippen LogP contribution in [0.5, 0.6) is 0 Å². The molecule has 108 valence electrons. The zero-order valence-electron chi connectivity index (χ0n) is 12.8. The lowest BCUT2D eigenvalue weighted by Gasteiger charge is -2.39. The van der Waals surface area contributed by atoms with Gasteiger partial charge in [-0.25, -0.2) is 0 Å². The third-order valence-electron chi connectivity index (χ3n) is 4.87. The maximum absolute atomic E-state index is 3.74. The summed E-state index contributed by atoms with van der Waals surface area (Å²) in [5, 5.41) is 0. The first kappa shape index (κ1) is 13.4. The van der Waals surface area contributed by atoms with Crippen LogP contribution in [0.4, 0.5) is 5.69 Å². The Labute approximate surface area is 135 Å². The van der Waals surface area contributed by atoms with E-state index in [9.17, 15) is 0 Å². The van der Waals surface area contributed by atoms with Crippen molar-refractivity contribution in [2.45, 2.75) is 26.7 Å². The largest absolute Gasteiger partial charge is 0.374 e. The second-order valence-electron chi connectivity index (χ2n) is 7.24. The van der Waals surface area contributed by atoms with Crippen molar-refractivity contribution in [1.82, 2.24) is 0 Å². The van der Waals surface area contributed by atoms with Gasteiger partial charge in [0.05, 0.1) is 0 Å². The van der Waals surface area contributed by atoms with E-state index in [1.807, 2.05) is 0 Å². The highest BCUT2D eigenvalue weighted by Crippen LogP contribution is 2.47. The molecule has 1 aliphatic carbocycles. The maximum Gasteiger partial charge on any atom is 0.0399 e. The van der Waals surface area contributed by atoms with Crippen molar-refractivity contribution >= 4 is 21.6 Å². The summed E-state index contributed by atoms with van der Waals surface area (Å²) in [4.78, 5) is 2.43. The fourth-order valence-corrected chi connectivity index (χ4v) is 4.76. The summed E-state index contributed by atoms with van der Waals surface area (Å²) in [6, 6.07) is 11.2. The van der Waals surface area contributed by atoms with Crippen molar-refractivity contribution < 1.29 is 0 Å². The molecule has 0 spiro atoms. The summed E-state index contributed by atoms with van der Waals surface area (Å²) in [7, 11) is 2.23. The molecule has 2 aromatic carbocycles. The highest BCUT2D eigenvalue weighted by atomic mass is 79.9. The zero-order valence-corrected chi connectivity index (χ0v) is 14.4. The van der Waals surface area contributed by atoms with Gasteiger partial charge in [0.1, 0.15) is 0 Å². The van der Waals surface area contributed by atoms with Crippen LogP contribution in [0.15, 0.2) is 34.8 Å². The molecule has 1 nitrogen and oxygen atoms in total. The van der Waals surface area contributed by atoms with E-state index in [0.29, 0.717) is 5.41 Å². The minimum atomic E-state index is 0.350. The van der Waals surface area contributed by atoms with E-state index >= 15 is 0 Å². The Morgan fingerprint density at radius 1 is 1.10 bits per heavy atom. The van der Waals surface area contributed by atoms with Crippen molar-refractivity contribution in [1.29, 1.82) is 0 Å². The number of anilines is 1. The van der Waals surface area contributed by atoms with Crippen LogP contribution in [0.2, 0.25) is 0 Å². The number of rotatable bonds is 0. The van der Waals surface area contributed by atoms with Crippen LogP contribution >= 0.6 is 15.9 Å². The molecule has 0 aromatic heterocycles. The number of benzene rings is 2. The zero-order chi connectivity index (χ0) is 14.8. The van der Waals surface area contributed by atoms with Gasteiger partial charge in [0.15, 0.2) is 0 Å². The van der Waals surface area contributed by atoms with Gasteiger partial charge in [-0.1, -0.05) is 48.0 Å². The summed E-state index contributed by atoms with van der Waals surface area (Å²) in [6.45, 7) is 5.89. The van der Waals surface area contributed by atoms with Crippen molar-refractivity contribution in [3.05, 3.63) is 51.5 Å². The molecule has 21 heavy (non-hydrogen) atoms. The molecule has 0 bridgehead atoms. The van der Waals surface area contributed by atoms with E-state index in [-0.39, 0.29) is 0 Å². The average molecular weight is 342 g/mol. The van der Waals surface area contributed by atoms with Gasteiger partial charge in [0, 0.05) is 23.8 Å². The van der Waals surface area contributed by atoms with Gasteiger partial charge in [-0.15, -0.1) is 0 Å². The normalized spacial score (nSPS) is 18.2. The molecule has 0 saturated carbocycles. The van der Waals surface area contributed by atoms with Crippen molar-refractivity contribution in [3.63, 3.8) is 0 Å². The van der Waals surface area contributed by atoms with Crippen LogP contribution in [0.25, 0.3) is 11.1 Å². The van der Waals surface area contributed by atoms with Crippen LogP contribution in [-0.2, 0) is 12.8 Å². The van der Waals surface area contributed by atoms with Crippen molar-refractivity contribution in [3.8, 4) is 11.1 Å². The molecule has 0 saturated heterocycles. The second kappa shape index (κ2) is 4.36. The predicted molar refractivity (Wildman–Crippen MR) is 93.1 cm³/mol. The Hall–Kier alpha value is -1.28. The van der Waals surface area contributed by atoms with Gasteiger partial charge in [0.2, 0.25) is 0 Å². The smallest absolute Gasteiger partial charge is 0.0399 e. The Kier molecular flexibility index (Phi) is 2.78. The minimum absolute atomic E-state index is 0.350.